The van der Waals surface area contributed by atoms with Gasteiger partial charge in [-0.1, -0.05) is 82.2 Å². The van der Waals surface area contributed by atoms with Crippen LogP contribution in [0.3, 0.4) is 0 Å². The smallest absolute Gasteiger partial charge is 0.343 e. The SMILES string of the molecule is CCCCCCCCCCOc1ccc(C(=O)Oc2ccc(OCc3ccccc3)cc2)cc1. The fourth-order valence-electron chi connectivity index (χ4n) is 3.62. The highest BCUT2D eigenvalue weighted by atomic mass is 16.5. The second-order valence-corrected chi connectivity index (χ2v) is 8.48. The number of rotatable bonds is 15. The third-order valence-corrected chi connectivity index (χ3v) is 5.64. The number of benzene rings is 3. The van der Waals surface area contributed by atoms with Crippen molar-refractivity contribution in [2.45, 2.75) is 64.9 Å². The Morgan fingerprint density at radius 3 is 1.85 bits per heavy atom. The standard InChI is InChI=1S/C30H36O4/c1-2-3-4-5-6-7-8-12-23-32-27-17-15-26(16-18-27)30(31)34-29-21-19-28(20-22-29)33-24-25-13-10-9-11-14-25/h9-11,13-22H,2-8,12,23-24H2,1H3. The summed E-state index contributed by atoms with van der Waals surface area (Å²) in [6.45, 7) is 3.44. The Hall–Kier alpha value is -3.27. The number of unbranched alkanes of at least 4 members (excludes halogenated alkanes) is 7. The lowest BCUT2D eigenvalue weighted by molar-refractivity contribution is 0.0734. The highest BCUT2D eigenvalue weighted by Crippen LogP contribution is 2.21. The molecule has 0 saturated heterocycles. The molecule has 0 N–H and O–H groups in total. The first-order chi connectivity index (χ1) is 16.7. The lowest BCUT2D eigenvalue weighted by atomic mass is 10.1. The predicted octanol–water partition coefficient (Wildman–Crippen LogP) is 8.00. The molecule has 0 saturated carbocycles. The van der Waals surface area contributed by atoms with Crippen molar-refractivity contribution in [3.05, 3.63) is 90.0 Å². The van der Waals surface area contributed by atoms with Crippen molar-refractivity contribution in [1.82, 2.24) is 0 Å². The number of hydrogen-bond donors (Lipinski definition) is 0. The first-order valence-corrected chi connectivity index (χ1v) is 12.5. The van der Waals surface area contributed by atoms with Gasteiger partial charge in [0.05, 0.1) is 12.2 Å². The summed E-state index contributed by atoms with van der Waals surface area (Å²) >= 11 is 0. The molecule has 0 radical (unpaired) electrons. The Labute approximate surface area is 203 Å². The lowest BCUT2D eigenvalue weighted by Crippen LogP contribution is -2.08. The highest BCUT2D eigenvalue weighted by molar-refractivity contribution is 5.91. The van der Waals surface area contributed by atoms with Crippen LogP contribution in [0.1, 0.15) is 74.2 Å². The molecule has 0 fully saturated rings. The molecule has 0 unspecified atom stereocenters. The molecule has 0 aromatic heterocycles. The van der Waals surface area contributed by atoms with Gasteiger partial charge in [0.2, 0.25) is 0 Å². The lowest BCUT2D eigenvalue weighted by Gasteiger charge is -2.09. The summed E-state index contributed by atoms with van der Waals surface area (Å²) in [6.07, 6.45) is 10.2. The van der Waals surface area contributed by atoms with E-state index in [-0.39, 0.29) is 0 Å². The molecule has 4 heteroatoms. The Kier molecular flexibility index (Phi) is 11.0. The van der Waals surface area contributed by atoms with Crippen molar-refractivity contribution in [3.63, 3.8) is 0 Å². The fraction of sp³-hybridized carbons (Fsp3) is 0.367. The topological polar surface area (TPSA) is 44.8 Å². The predicted molar refractivity (Wildman–Crippen MR) is 137 cm³/mol. The minimum absolute atomic E-state index is 0.396. The molecule has 0 spiro atoms. The Morgan fingerprint density at radius 2 is 1.18 bits per heavy atom. The van der Waals surface area contributed by atoms with Gasteiger partial charge < -0.3 is 14.2 Å². The van der Waals surface area contributed by atoms with E-state index in [2.05, 4.69) is 6.92 Å². The summed E-state index contributed by atoms with van der Waals surface area (Å²) in [6, 6.07) is 24.2. The van der Waals surface area contributed by atoms with Gasteiger partial charge in [0, 0.05) is 0 Å². The normalized spacial score (nSPS) is 10.6. The van der Waals surface area contributed by atoms with Crippen molar-refractivity contribution < 1.29 is 19.0 Å². The van der Waals surface area contributed by atoms with E-state index in [1.165, 1.54) is 44.9 Å². The summed E-state index contributed by atoms with van der Waals surface area (Å²) in [7, 11) is 0. The van der Waals surface area contributed by atoms with Crippen LogP contribution < -0.4 is 14.2 Å². The van der Waals surface area contributed by atoms with Gasteiger partial charge in [-0.3, -0.25) is 0 Å². The highest BCUT2D eigenvalue weighted by Gasteiger charge is 2.09. The van der Waals surface area contributed by atoms with Gasteiger partial charge in [-0.2, -0.15) is 0 Å². The second kappa shape index (κ2) is 14.8. The van der Waals surface area contributed by atoms with E-state index in [1.54, 1.807) is 36.4 Å². The third kappa shape index (κ3) is 9.30. The summed E-state index contributed by atoms with van der Waals surface area (Å²) in [4.78, 5) is 12.5. The molecule has 0 aliphatic carbocycles. The molecule has 0 bridgehead atoms. The van der Waals surface area contributed by atoms with Crippen molar-refractivity contribution in [1.29, 1.82) is 0 Å². The van der Waals surface area contributed by atoms with Gasteiger partial charge in [-0.25, -0.2) is 4.79 Å². The molecule has 180 valence electrons. The molecule has 0 heterocycles. The molecule has 3 rings (SSSR count). The van der Waals surface area contributed by atoms with Gasteiger partial charge in [-0.15, -0.1) is 0 Å². The fourth-order valence-corrected chi connectivity index (χ4v) is 3.62. The zero-order valence-corrected chi connectivity index (χ0v) is 20.2. The van der Waals surface area contributed by atoms with E-state index in [4.69, 9.17) is 14.2 Å². The van der Waals surface area contributed by atoms with Crippen molar-refractivity contribution >= 4 is 5.97 Å². The maximum atomic E-state index is 12.5. The van der Waals surface area contributed by atoms with E-state index in [0.717, 1.165) is 23.5 Å². The van der Waals surface area contributed by atoms with Crippen molar-refractivity contribution in [2.75, 3.05) is 6.61 Å². The summed E-state index contributed by atoms with van der Waals surface area (Å²) in [5.41, 5.74) is 1.59. The largest absolute Gasteiger partial charge is 0.494 e. The number of carbonyl (C=O) groups excluding carboxylic acids is 1. The number of hydrogen-bond acceptors (Lipinski definition) is 4. The average molecular weight is 461 g/mol. The van der Waals surface area contributed by atoms with Gasteiger partial charge in [0.1, 0.15) is 23.9 Å². The van der Waals surface area contributed by atoms with E-state index < -0.39 is 5.97 Å². The monoisotopic (exact) mass is 460 g/mol. The van der Waals surface area contributed by atoms with Gasteiger partial charge >= 0.3 is 5.97 Å². The Bertz CT molecular complexity index is 949. The van der Waals surface area contributed by atoms with Crippen molar-refractivity contribution in [2.24, 2.45) is 0 Å². The van der Waals surface area contributed by atoms with Crippen molar-refractivity contribution in [3.8, 4) is 17.2 Å². The molecule has 0 atom stereocenters. The Balaban J connectivity index is 1.34. The molecule has 0 amide bonds. The van der Waals surface area contributed by atoms with Crippen LogP contribution in [-0.4, -0.2) is 12.6 Å². The maximum absolute atomic E-state index is 12.5. The van der Waals surface area contributed by atoms with E-state index in [9.17, 15) is 4.79 Å². The minimum atomic E-state index is -0.396. The summed E-state index contributed by atoms with van der Waals surface area (Å²) in [5, 5.41) is 0. The maximum Gasteiger partial charge on any atom is 0.343 e. The molecule has 3 aromatic carbocycles. The summed E-state index contributed by atoms with van der Waals surface area (Å²) in [5.74, 6) is 1.58. The molecule has 34 heavy (non-hydrogen) atoms. The molecular weight excluding hydrogens is 424 g/mol. The molecular formula is C30H36O4. The number of esters is 1. The second-order valence-electron chi connectivity index (χ2n) is 8.48. The molecule has 0 aliphatic heterocycles. The van der Waals surface area contributed by atoms with Crippen LogP contribution in [-0.2, 0) is 6.61 Å². The van der Waals surface area contributed by atoms with Gasteiger partial charge in [0.25, 0.3) is 0 Å². The molecule has 0 aliphatic rings. The quantitative estimate of drug-likeness (QED) is 0.131. The van der Waals surface area contributed by atoms with E-state index >= 15 is 0 Å². The van der Waals surface area contributed by atoms with Crippen LogP contribution >= 0.6 is 0 Å². The van der Waals surface area contributed by atoms with Gasteiger partial charge in [-0.05, 0) is 60.5 Å². The van der Waals surface area contributed by atoms with Crippen LogP contribution in [0.25, 0.3) is 0 Å². The Morgan fingerprint density at radius 1 is 0.618 bits per heavy atom. The first-order valence-electron chi connectivity index (χ1n) is 12.5. The minimum Gasteiger partial charge on any atom is -0.494 e. The average Bonchev–Trinajstić information content (AvgIpc) is 2.88. The molecule has 4 nitrogen and oxygen atoms in total. The number of carbonyl (C=O) groups is 1. The van der Waals surface area contributed by atoms with Crippen LogP contribution in [0, 0.1) is 0 Å². The van der Waals surface area contributed by atoms with Crippen LogP contribution in [0.15, 0.2) is 78.9 Å². The van der Waals surface area contributed by atoms with Gasteiger partial charge in [0.15, 0.2) is 0 Å². The van der Waals surface area contributed by atoms with E-state index in [0.29, 0.717) is 24.5 Å². The summed E-state index contributed by atoms with van der Waals surface area (Å²) < 4.78 is 17.1. The first kappa shape index (κ1) is 25.4. The third-order valence-electron chi connectivity index (χ3n) is 5.64. The van der Waals surface area contributed by atoms with Crippen LogP contribution in [0.5, 0.6) is 17.2 Å². The zero-order chi connectivity index (χ0) is 23.8. The molecule has 3 aromatic rings. The van der Waals surface area contributed by atoms with E-state index in [1.807, 2.05) is 42.5 Å². The van der Waals surface area contributed by atoms with Crippen LogP contribution in [0.2, 0.25) is 0 Å². The van der Waals surface area contributed by atoms with Crippen LogP contribution in [0.4, 0.5) is 0 Å². The zero-order valence-electron chi connectivity index (χ0n) is 20.2. The number of ether oxygens (including phenoxy) is 3.